The average Bonchev–Trinajstić information content (AvgIpc) is 2.79. The van der Waals surface area contributed by atoms with E-state index < -0.39 is 0 Å². The summed E-state index contributed by atoms with van der Waals surface area (Å²) >= 11 is 9.44. The van der Waals surface area contributed by atoms with E-state index in [1.807, 2.05) is 24.4 Å². The third kappa shape index (κ3) is 3.27. The van der Waals surface area contributed by atoms with Crippen molar-refractivity contribution in [3.8, 4) is 0 Å². The Morgan fingerprint density at radius 3 is 3.00 bits per heavy atom. The monoisotopic (exact) mass is 327 g/mol. The Morgan fingerprint density at radius 1 is 1.44 bits per heavy atom. The van der Waals surface area contributed by atoms with Crippen LogP contribution in [0, 0.1) is 0 Å². The van der Waals surface area contributed by atoms with Crippen LogP contribution >= 0.6 is 27.5 Å². The van der Waals surface area contributed by atoms with Gasteiger partial charge in [0.25, 0.3) is 0 Å². The number of aryl methyl sites for hydroxylation is 1. The van der Waals surface area contributed by atoms with Crippen LogP contribution in [0.2, 0.25) is 5.02 Å². The zero-order valence-electron chi connectivity index (χ0n) is 10.2. The van der Waals surface area contributed by atoms with Crippen LogP contribution in [-0.4, -0.2) is 9.55 Å². The Bertz CT molecular complexity index is 525. The molecule has 2 rings (SSSR count). The second-order valence-electron chi connectivity index (χ2n) is 4.05. The minimum Gasteiger partial charge on any atom is -0.326 e. The Hall–Kier alpha value is -1.000. The van der Waals surface area contributed by atoms with Crippen molar-refractivity contribution in [1.82, 2.24) is 9.55 Å². The lowest BCUT2D eigenvalue weighted by molar-refractivity contribution is 0.638. The van der Waals surface area contributed by atoms with Gasteiger partial charge in [-0.3, -0.25) is 0 Å². The Labute approximate surface area is 120 Å². The van der Waals surface area contributed by atoms with Gasteiger partial charge in [-0.2, -0.15) is 0 Å². The molecular formula is C13H15BrClN3. The maximum absolute atomic E-state index is 6.06. The van der Waals surface area contributed by atoms with E-state index in [0.29, 0.717) is 5.02 Å². The maximum atomic E-state index is 6.06. The number of benzene rings is 1. The summed E-state index contributed by atoms with van der Waals surface area (Å²) in [6.45, 7) is 3.15. The highest BCUT2D eigenvalue weighted by Gasteiger charge is 2.04. The largest absolute Gasteiger partial charge is 0.326 e. The Balaban J connectivity index is 2.13. The Morgan fingerprint density at radius 2 is 2.28 bits per heavy atom. The molecule has 18 heavy (non-hydrogen) atoms. The van der Waals surface area contributed by atoms with Gasteiger partial charge in [0.1, 0.15) is 0 Å². The molecule has 0 fully saturated rings. The number of hydrogen-bond acceptors (Lipinski definition) is 2. The first-order valence-electron chi connectivity index (χ1n) is 5.94. The van der Waals surface area contributed by atoms with Crippen LogP contribution in [-0.2, 0) is 6.54 Å². The van der Waals surface area contributed by atoms with E-state index in [0.717, 1.165) is 29.1 Å². The highest BCUT2D eigenvalue weighted by atomic mass is 79.9. The molecule has 0 radical (unpaired) electrons. The second kappa shape index (κ2) is 6.25. The number of hydrogen-bond donors (Lipinski definition) is 1. The molecule has 1 aromatic heterocycles. The van der Waals surface area contributed by atoms with Gasteiger partial charge >= 0.3 is 0 Å². The van der Waals surface area contributed by atoms with Crippen molar-refractivity contribution in [2.75, 3.05) is 5.32 Å². The van der Waals surface area contributed by atoms with Gasteiger partial charge in [0, 0.05) is 29.1 Å². The van der Waals surface area contributed by atoms with Gasteiger partial charge in [-0.25, -0.2) is 4.98 Å². The fourth-order valence-electron chi connectivity index (χ4n) is 1.65. The molecule has 3 nitrogen and oxygen atoms in total. The van der Waals surface area contributed by atoms with Crippen LogP contribution in [0.4, 0.5) is 11.6 Å². The summed E-state index contributed by atoms with van der Waals surface area (Å²) in [5, 5.41) is 3.96. The topological polar surface area (TPSA) is 29.9 Å². The molecule has 1 aromatic carbocycles. The zero-order chi connectivity index (χ0) is 13.0. The van der Waals surface area contributed by atoms with Crippen molar-refractivity contribution in [1.29, 1.82) is 0 Å². The highest BCUT2D eigenvalue weighted by Crippen LogP contribution is 2.27. The molecule has 0 bridgehead atoms. The number of halogens is 2. The van der Waals surface area contributed by atoms with Crippen molar-refractivity contribution in [3.63, 3.8) is 0 Å². The lowest BCUT2D eigenvalue weighted by atomic mass is 10.3. The van der Waals surface area contributed by atoms with Gasteiger partial charge in [0.2, 0.25) is 5.95 Å². The molecule has 0 unspecified atom stereocenters. The summed E-state index contributed by atoms with van der Waals surface area (Å²) in [5.74, 6) is 0.849. The summed E-state index contributed by atoms with van der Waals surface area (Å²) in [7, 11) is 0. The molecule has 1 heterocycles. The summed E-state index contributed by atoms with van der Waals surface area (Å²) in [4.78, 5) is 4.31. The molecule has 5 heteroatoms. The van der Waals surface area contributed by atoms with E-state index in [9.17, 15) is 0 Å². The first-order valence-corrected chi connectivity index (χ1v) is 7.11. The first kappa shape index (κ1) is 13.4. The van der Waals surface area contributed by atoms with E-state index in [1.165, 1.54) is 6.42 Å². The zero-order valence-corrected chi connectivity index (χ0v) is 12.5. The van der Waals surface area contributed by atoms with Crippen LogP contribution in [0.1, 0.15) is 19.8 Å². The van der Waals surface area contributed by atoms with E-state index in [1.54, 1.807) is 6.20 Å². The smallest absolute Gasteiger partial charge is 0.207 e. The predicted octanol–water partition coefficient (Wildman–Crippen LogP) is 4.84. The number of aromatic nitrogens is 2. The van der Waals surface area contributed by atoms with E-state index >= 15 is 0 Å². The molecule has 0 aliphatic carbocycles. The van der Waals surface area contributed by atoms with Gasteiger partial charge < -0.3 is 9.88 Å². The Kier molecular flexibility index (Phi) is 4.66. The van der Waals surface area contributed by atoms with E-state index in [2.05, 4.69) is 37.7 Å². The quantitative estimate of drug-likeness (QED) is 0.851. The molecule has 0 spiro atoms. The van der Waals surface area contributed by atoms with Crippen molar-refractivity contribution < 1.29 is 0 Å². The van der Waals surface area contributed by atoms with E-state index in [4.69, 9.17) is 11.6 Å². The third-order valence-corrected chi connectivity index (χ3v) is 3.88. The van der Waals surface area contributed by atoms with E-state index in [-0.39, 0.29) is 0 Å². The molecule has 2 aromatic rings. The summed E-state index contributed by atoms with van der Waals surface area (Å²) in [6, 6.07) is 5.77. The van der Waals surface area contributed by atoms with Crippen LogP contribution in [0.15, 0.2) is 35.1 Å². The summed E-state index contributed by atoms with van der Waals surface area (Å²) in [6.07, 6.45) is 6.10. The maximum Gasteiger partial charge on any atom is 0.207 e. The predicted molar refractivity (Wildman–Crippen MR) is 79.6 cm³/mol. The molecule has 0 saturated heterocycles. The number of nitrogens with zero attached hydrogens (tertiary/aromatic N) is 2. The standard InChI is InChI=1S/C13H15BrClN3/c1-2-3-7-18-8-6-16-13(18)17-10-4-5-11(14)12(15)9-10/h4-6,8-9H,2-3,7H2,1H3,(H,16,17). The van der Waals surface area contributed by atoms with Gasteiger partial charge in [-0.15, -0.1) is 0 Å². The molecule has 0 amide bonds. The highest BCUT2D eigenvalue weighted by molar-refractivity contribution is 9.10. The molecule has 0 saturated carbocycles. The molecule has 0 aliphatic heterocycles. The second-order valence-corrected chi connectivity index (χ2v) is 5.31. The van der Waals surface area contributed by atoms with Gasteiger partial charge in [-0.1, -0.05) is 24.9 Å². The molecule has 0 atom stereocenters. The normalized spacial score (nSPS) is 10.6. The van der Waals surface area contributed by atoms with Crippen LogP contribution < -0.4 is 5.32 Å². The minimum atomic E-state index is 0.687. The fourth-order valence-corrected chi connectivity index (χ4v) is 2.07. The van der Waals surface area contributed by atoms with Crippen molar-refractivity contribution >= 4 is 39.2 Å². The molecule has 0 aliphatic rings. The number of anilines is 2. The molecule has 1 N–H and O–H groups in total. The number of imidazole rings is 1. The summed E-state index contributed by atoms with van der Waals surface area (Å²) in [5.41, 5.74) is 0.937. The first-order chi connectivity index (χ1) is 8.70. The number of rotatable bonds is 5. The van der Waals surface area contributed by atoms with Crippen LogP contribution in [0.5, 0.6) is 0 Å². The lowest BCUT2D eigenvalue weighted by Gasteiger charge is -2.10. The van der Waals surface area contributed by atoms with Crippen LogP contribution in [0.25, 0.3) is 0 Å². The van der Waals surface area contributed by atoms with Gasteiger partial charge in [0.15, 0.2) is 0 Å². The SMILES string of the molecule is CCCCn1ccnc1Nc1ccc(Br)c(Cl)c1. The lowest BCUT2D eigenvalue weighted by Crippen LogP contribution is -2.03. The van der Waals surface area contributed by atoms with Crippen molar-refractivity contribution in [3.05, 3.63) is 40.1 Å². The van der Waals surface area contributed by atoms with Crippen LogP contribution in [0.3, 0.4) is 0 Å². The van der Waals surface area contributed by atoms with Gasteiger partial charge in [-0.05, 0) is 40.5 Å². The minimum absolute atomic E-state index is 0.687. The number of unbranched alkanes of at least 4 members (excludes halogenated alkanes) is 1. The molecular weight excluding hydrogens is 314 g/mol. The van der Waals surface area contributed by atoms with Crippen molar-refractivity contribution in [2.45, 2.75) is 26.3 Å². The molecule has 96 valence electrons. The summed E-state index contributed by atoms with van der Waals surface area (Å²) < 4.78 is 3.00. The third-order valence-electron chi connectivity index (χ3n) is 2.64. The van der Waals surface area contributed by atoms with Crippen molar-refractivity contribution in [2.24, 2.45) is 0 Å². The number of nitrogens with one attached hydrogen (secondary N) is 1. The van der Waals surface area contributed by atoms with Gasteiger partial charge in [0.05, 0.1) is 5.02 Å². The average molecular weight is 329 g/mol. The fraction of sp³-hybridized carbons (Fsp3) is 0.308.